The molecule has 1 aromatic heterocycles. The minimum atomic E-state index is -0.119. The van der Waals surface area contributed by atoms with E-state index in [9.17, 15) is 9.59 Å². The minimum absolute atomic E-state index is 0.0466. The van der Waals surface area contributed by atoms with Gasteiger partial charge in [0, 0.05) is 43.5 Å². The monoisotopic (exact) mass is 482 g/mol. The van der Waals surface area contributed by atoms with Crippen LogP contribution in [0, 0.1) is 11.8 Å². The summed E-state index contributed by atoms with van der Waals surface area (Å²) in [4.78, 5) is 40.0. The van der Waals surface area contributed by atoms with Gasteiger partial charge in [0.05, 0.1) is 17.7 Å². The fourth-order valence-electron chi connectivity index (χ4n) is 6.64. The summed E-state index contributed by atoms with van der Waals surface area (Å²) in [6, 6.07) is 10.6. The summed E-state index contributed by atoms with van der Waals surface area (Å²) in [5.41, 5.74) is 4.64. The maximum atomic E-state index is 13.9. The molecule has 0 saturated carbocycles. The summed E-state index contributed by atoms with van der Waals surface area (Å²) in [6.45, 7) is 3.63. The number of benzene rings is 1. The lowest BCUT2D eigenvalue weighted by Crippen LogP contribution is -2.46. The standard InChI is InChI=1S/C30H34N4O2/c1-2-27(35)22-14-16-33(17-15-22)29-28-25(31-19-32-29)18-24-12-13-26(28)34(24)30(36)23-10-8-21(9-11-23)20-6-4-3-5-7-20/h3-10,19,22-24,26H,2,11-18H2,1H3. The molecule has 6 rings (SSSR count). The zero-order chi connectivity index (χ0) is 24.6. The Morgan fingerprint density at radius 1 is 1.03 bits per heavy atom. The Labute approximate surface area is 213 Å². The van der Waals surface area contributed by atoms with Crippen LogP contribution in [0.3, 0.4) is 0 Å². The first-order valence-electron chi connectivity index (χ1n) is 13.5. The summed E-state index contributed by atoms with van der Waals surface area (Å²) in [5.74, 6) is 1.64. The molecule has 2 fully saturated rings. The molecule has 6 heteroatoms. The van der Waals surface area contributed by atoms with Crippen molar-refractivity contribution in [2.45, 2.75) is 64.0 Å². The maximum absolute atomic E-state index is 13.9. The molecule has 1 aromatic carbocycles. The van der Waals surface area contributed by atoms with Gasteiger partial charge in [0.25, 0.3) is 0 Å². The number of carbonyl (C=O) groups excluding carboxylic acids is 2. The van der Waals surface area contributed by atoms with E-state index in [0.29, 0.717) is 12.2 Å². The molecule has 3 unspecified atom stereocenters. The highest BCUT2D eigenvalue weighted by molar-refractivity contribution is 5.86. The van der Waals surface area contributed by atoms with Crippen molar-refractivity contribution in [2.75, 3.05) is 18.0 Å². The van der Waals surface area contributed by atoms with Gasteiger partial charge in [0.1, 0.15) is 17.9 Å². The van der Waals surface area contributed by atoms with Gasteiger partial charge in [0.15, 0.2) is 0 Å². The normalized spacial score (nSPS) is 25.5. The van der Waals surface area contributed by atoms with Crippen molar-refractivity contribution in [3.8, 4) is 0 Å². The van der Waals surface area contributed by atoms with Crippen LogP contribution in [-0.2, 0) is 16.0 Å². The number of allylic oxidation sites excluding steroid dienone is 3. The number of nitrogens with zero attached hydrogens (tertiary/aromatic N) is 4. The number of ketones is 1. The number of amides is 1. The van der Waals surface area contributed by atoms with E-state index in [1.54, 1.807) is 6.33 Å². The number of rotatable bonds is 5. The van der Waals surface area contributed by atoms with Gasteiger partial charge in [-0.1, -0.05) is 55.5 Å². The Morgan fingerprint density at radius 2 is 1.83 bits per heavy atom. The van der Waals surface area contributed by atoms with E-state index >= 15 is 0 Å². The molecule has 4 heterocycles. The van der Waals surface area contributed by atoms with E-state index < -0.39 is 0 Å². The molecule has 186 valence electrons. The first-order chi connectivity index (χ1) is 17.6. The molecular weight excluding hydrogens is 448 g/mol. The summed E-state index contributed by atoms with van der Waals surface area (Å²) < 4.78 is 0. The minimum Gasteiger partial charge on any atom is -0.356 e. The van der Waals surface area contributed by atoms with Crippen molar-refractivity contribution in [3.63, 3.8) is 0 Å². The summed E-state index contributed by atoms with van der Waals surface area (Å²) in [5, 5.41) is 0. The van der Waals surface area contributed by atoms with Crippen molar-refractivity contribution in [1.82, 2.24) is 14.9 Å². The van der Waals surface area contributed by atoms with Gasteiger partial charge in [0.2, 0.25) is 5.91 Å². The zero-order valence-corrected chi connectivity index (χ0v) is 21.0. The highest BCUT2D eigenvalue weighted by atomic mass is 16.2. The first kappa shape index (κ1) is 23.1. The lowest BCUT2D eigenvalue weighted by atomic mass is 9.89. The smallest absolute Gasteiger partial charge is 0.230 e. The molecule has 2 saturated heterocycles. The van der Waals surface area contributed by atoms with Gasteiger partial charge < -0.3 is 9.80 Å². The Bertz CT molecular complexity index is 1210. The van der Waals surface area contributed by atoms with E-state index in [0.717, 1.165) is 68.7 Å². The fourth-order valence-corrected chi connectivity index (χ4v) is 6.64. The van der Waals surface area contributed by atoms with Crippen molar-refractivity contribution in [1.29, 1.82) is 0 Å². The molecule has 1 aliphatic carbocycles. The zero-order valence-electron chi connectivity index (χ0n) is 21.0. The van der Waals surface area contributed by atoms with E-state index in [2.05, 4.69) is 45.1 Å². The molecule has 2 aromatic rings. The van der Waals surface area contributed by atoms with Crippen LogP contribution in [0.15, 0.2) is 54.9 Å². The van der Waals surface area contributed by atoms with Gasteiger partial charge in [-0.05, 0) is 43.2 Å². The summed E-state index contributed by atoms with van der Waals surface area (Å²) in [7, 11) is 0. The Morgan fingerprint density at radius 3 is 2.56 bits per heavy atom. The highest BCUT2D eigenvalue weighted by Gasteiger charge is 2.46. The molecule has 1 amide bonds. The topological polar surface area (TPSA) is 66.4 Å². The van der Waals surface area contributed by atoms with Crippen molar-refractivity contribution in [2.24, 2.45) is 11.8 Å². The van der Waals surface area contributed by atoms with Gasteiger partial charge in [-0.3, -0.25) is 9.59 Å². The number of anilines is 1. The molecule has 6 nitrogen and oxygen atoms in total. The van der Waals surface area contributed by atoms with E-state index in [1.807, 2.05) is 25.1 Å². The van der Waals surface area contributed by atoms with E-state index in [-0.39, 0.29) is 29.8 Å². The quantitative estimate of drug-likeness (QED) is 0.605. The third-order valence-corrected chi connectivity index (χ3v) is 8.59. The maximum Gasteiger partial charge on any atom is 0.230 e. The highest BCUT2D eigenvalue weighted by Crippen LogP contribution is 2.47. The largest absolute Gasteiger partial charge is 0.356 e. The predicted molar refractivity (Wildman–Crippen MR) is 140 cm³/mol. The third kappa shape index (κ3) is 4.06. The first-order valence-corrected chi connectivity index (χ1v) is 13.5. The second-order valence-corrected chi connectivity index (χ2v) is 10.6. The second-order valence-electron chi connectivity index (χ2n) is 10.6. The lowest BCUT2D eigenvalue weighted by molar-refractivity contribution is -0.137. The SMILES string of the molecule is CCC(=O)C1CCN(c2ncnc3c2C2CCC(C3)N2C(=O)C2C=CC(c3ccccc3)=CC2)CC1. The molecule has 4 aliphatic rings. The molecule has 3 aliphatic heterocycles. The van der Waals surface area contributed by atoms with Crippen molar-refractivity contribution >= 4 is 23.1 Å². The van der Waals surface area contributed by atoms with Crippen molar-refractivity contribution < 1.29 is 9.59 Å². The van der Waals surface area contributed by atoms with Crippen molar-refractivity contribution in [3.05, 3.63) is 71.7 Å². The molecule has 3 atom stereocenters. The van der Waals surface area contributed by atoms with Crippen LogP contribution in [0.2, 0.25) is 0 Å². The molecule has 0 N–H and O–H groups in total. The number of hydrogen-bond acceptors (Lipinski definition) is 5. The number of aromatic nitrogens is 2. The van der Waals surface area contributed by atoms with E-state index in [1.165, 1.54) is 11.1 Å². The van der Waals surface area contributed by atoms with Crippen LogP contribution < -0.4 is 4.90 Å². The van der Waals surface area contributed by atoms with Gasteiger partial charge in [-0.25, -0.2) is 9.97 Å². The molecule has 0 radical (unpaired) electrons. The molecule has 36 heavy (non-hydrogen) atoms. The third-order valence-electron chi connectivity index (χ3n) is 8.59. The van der Waals surface area contributed by atoms with Crippen LogP contribution in [0.25, 0.3) is 5.57 Å². The van der Waals surface area contributed by atoms with Gasteiger partial charge in [-0.2, -0.15) is 0 Å². The lowest BCUT2D eigenvalue weighted by Gasteiger charge is -2.40. The fraction of sp³-hybridized carbons (Fsp3) is 0.467. The number of Topliss-reactive ketones (excluding diaryl/α,β-unsaturated/α-hetero) is 1. The Kier molecular flexibility index (Phi) is 6.20. The molecule has 0 spiro atoms. The number of carbonyl (C=O) groups is 2. The van der Waals surface area contributed by atoms with Crippen LogP contribution in [0.1, 0.15) is 68.3 Å². The Balaban J connectivity index is 1.21. The number of hydrogen-bond donors (Lipinski definition) is 0. The second kappa shape index (κ2) is 9.64. The predicted octanol–water partition coefficient (Wildman–Crippen LogP) is 4.92. The summed E-state index contributed by atoms with van der Waals surface area (Å²) >= 11 is 0. The summed E-state index contributed by atoms with van der Waals surface area (Å²) in [6.07, 6.45) is 14.0. The molecular formula is C30H34N4O2. The van der Waals surface area contributed by atoms with Crippen LogP contribution in [0.4, 0.5) is 5.82 Å². The number of piperidine rings is 1. The Hall–Kier alpha value is -3.28. The van der Waals surface area contributed by atoms with Crippen LogP contribution in [0.5, 0.6) is 0 Å². The van der Waals surface area contributed by atoms with Crippen LogP contribution >= 0.6 is 0 Å². The van der Waals surface area contributed by atoms with Crippen LogP contribution in [-0.4, -0.2) is 45.7 Å². The van der Waals surface area contributed by atoms with Gasteiger partial charge in [-0.15, -0.1) is 0 Å². The van der Waals surface area contributed by atoms with E-state index in [4.69, 9.17) is 4.98 Å². The average Bonchev–Trinajstić information content (AvgIpc) is 3.26. The average molecular weight is 483 g/mol. The molecule has 2 bridgehead atoms. The number of fused-ring (bicyclic) bond motifs is 4. The van der Waals surface area contributed by atoms with Gasteiger partial charge >= 0.3 is 0 Å².